The van der Waals surface area contributed by atoms with Gasteiger partial charge in [0, 0.05) is 5.41 Å². The number of hydrogen-bond donors (Lipinski definition) is 1. The fourth-order valence-corrected chi connectivity index (χ4v) is 2.38. The van der Waals surface area contributed by atoms with E-state index in [1.54, 1.807) is 19.4 Å². The summed E-state index contributed by atoms with van der Waals surface area (Å²) in [5.41, 5.74) is 0.362. The molecule has 0 amide bonds. The van der Waals surface area contributed by atoms with Crippen LogP contribution in [-0.4, -0.2) is 34.8 Å². The van der Waals surface area contributed by atoms with E-state index in [9.17, 15) is 4.79 Å². The number of ether oxygens (including phenoxy) is 2. The van der Waals surface area contributed by atoms with E-state index in [0.29, 0.717) is 23.8 Å². The zero-order valence-corrected chi connectivity index (χ0v) is 16.5. The molecule has 0 aliphatic carbocycles. The van der Waals surface area contributed by atoms with Crippen molar-refractivity contribution in [2.75, 3.05) is 13.7 Å². The average Bonchev–Trinajstić information content (AvgIpc) is 2.58. The normalized spacial score (nSPS) is 11.7. The summed E-state index contributed by atoms with van der Waals surface area (Å²) in [7, 11) is 1.59. The number of rotatable bonds is 6. The Kier molecular flexibility index (Phi) is 6.31. The fourth-order valence-electron chi connectivity index (χ4n) is 2.21. The molecule has 1 N–H and O–H groups in total. The molecular formula is C18H24N4O3S. The molecule has 0 atom stereocenters. The lowest BCUT2D eigenvalue weighted by Crippen LogP contribution is -2.32. The van der Waals surface area contributed by atoms with Gasteiger partial charge in [-0.05, 0) is 42.4 Å². The van der Waals surface area contributed by atoms with E-state index in [1.807, 2.05) is 39.8 Å². The van der Waals surface area contributed by atoms with Crippen molar-refractivity contribution >= 4 is 18.4 Å². The maximum absolute atomic E-state index is 12.6. The van der Waals surface area contributed by atoms with Gasteiger partial charge < -0.3 is 9.47 Å². The number of benzene rings is 1. The van der Waals surface area contributed by atoms with Crippen molar-refractivity contribution in [1.82, 2.24) is 14.9 Å². The van der Waals surface area contributed by atoms with Crippen LogP contribution in [0.2, 0.25) is 0 Å². The quantitative estimate of drug-likeness (QED) is 0.618. The maximum atomic E-state index is 12.6. The van der Waals surface area contributed by atoms with E-state index in [1.165, 1.54) is 0 Å². The van der Waals surface area contributed by atoms with Gasteiger partial charge in [-0.25, -0.2) is 0 Å². The first-order chi connectivity index (χ1) is 12.3. The molecule has 7 nitrogen and oxygen atoms in total. The Labute approximate surface area is 157 Å². The molecule has 26 heavy (non-hydrogen) atoms. The first-order valence-corrected chi connectivity index (χ1v) is 8.76. The van der Waals surface area contributed by atoms with Crippen LogP contribution in [0, 0.1) is 4.77 Å². The number of methoxy groups -OCH3 is 1. The molecule has 0 radical (unpaired) electrons. The molecule has 0 unspecified atom stereocenters. The first kappa shape index (κ1) is 19.8. The Balaban J connectivity index is 2.42. The summed E-state index contributed by atoms with van der Waals surface area (Å²) in [5, 5.41) is 11.0. The number of aromatic amines is 1. The SMILES string of the molecule is CCCOc1cc(/C=N\n2c(=S)[nH]nc(C(C)(C)C)c2=O)ccc1OC. The molecule has 2 rings (SSSR count). The average molecular weight is 376 g/mol. The second kappa shape index (κ2) is 8.27. The molecule has 1 aromatic carbocycles. The first-order valence-electron chi connectivity index (χ1n) is 8.35. The van der Waals surface area contributed by atoms with Gasteiger partial charge in [0.05, 0.1) is 19.9 Å². The Bertz CT molecular complexity index is 910. The van der Waals surface area contributed by atoms with Crippen molar-refractivity contribution in [2.24, 2.45) is 5.10 Å². The van der Waals surface area contributed by atoms with Crippen LogP contribution in [0.15, 0.2) is 28.1 Å². The van der Waals surface area contributed by atoms with Gasteiger partial charge >= 0.3 is 0 Å². The molecule has 0 aliphatic heterocycles. The molecule has 0 saturated carbocycles. The summed E-state index contributed by atoms with van der Waals surface area (Å²) in [4.78, 5) is 12.6. The topological polar surface area (TPSA) is 81.5 Å². The smallest absolute Gasteiger partial charge is 0.297 e. The minimum atomic E-state index is -0.421. The van der Waals surface area contributed by atoms with Crippen LogP contribution in [0.5, 0.6) is 11.5 Å². The summed E-state index contributed by atoms with van der Waals surface area (Å²) in [5.74, 6) is 1.27. The van der Waals surface area contributed by atoms with E-state index in [-0.39, 0.29) is 10.3 Å². The van der Waals surface area contributed by atoms with Crippen LogP contribution in [0.3, 0.4) is 0 Å². The van der Waals surface area contributed by atoms with Crippen LogP contribution >= 0.6 is 12.2 Å². The van der Waals surface area contributed by atoms with Crippen LogP contribution in [0.25, 0.3) is 0 Å². The maximum Gasteiger partial charge on any atom is 0.297 e. The Hall–Kier alpha value is -2.48. The van der Waals surface area contributed by atoms with E-state index in [0.717, 1.165) is 16.7 Å². The highest BCUT2D eigenvalue weighted by atomic mass is 32.1. The van der Waals surface area contributed by atoms with Crippen LogP contribution in [0.4, 0.5) is 0 Å². The second-order valence-electron chi connectivity index (χ2n) is 6.75. The summed E-state index contributed by atoms with van der Waals surface area (Å²) >= 11 is 5.15. The molecule has 2 aromatic rings. The van der Waals surface area contributed by atoms with Gasteiger partial charge in [0.1, 0.15) is 5.69 Å². The van der Waals surface area contributed by atoms with Crippen LogP contribution in [-0.2, 0) is 5.41 Å². The molecule has 1 heterocycles. The number of H-pyrrole nitrogens is 1. The lowest BCUT2D eigenvalue weighted by molar-refractivity contribution is 0.294. The lowest BCUT2D eigenvalue weighted by atomic mass is 9.93. The zero-order valence-electron chi connectivity index (χ0n) is 15.7. The molecule has 8 heteroatoms. The van der Waals surface area contributed by atoms with E-state index >= 15 is 0 Å². The summed E-state index contributed by atoms with van der Waals surface area (Å²) in [6.45, 7) is 8.33. The van der Waals surface area contributed by atoms with E-state index in [4.69, 9.17) is 21.7 Å². The second-order valence-corrected chi connectivity index (χ2v) is 7.13. The lowest BCUT2D eigenvalue weighted by Gasteiger charge is -2.16. The van der Waals surface area contributed by atoms with Crippen LogP contribution in [0.1, 0.15) is 45.4 Å². The van der Waals surface area contributed by atoms with Crippen molar-refractivity contribution in [2.45, 2.75) is 39.5 Å². The molecule has 0 bridgehead atoms. The Morgan fingerprint density at radius 3 is 2.69 bits per heavy atom. The third kappa shape index (κ3) is 4.57. The molecule has 0 spiro atoms. The third-order valence-electron chi connectivity index (χ3n) is 3.53. The standard InChI is InChI=1S/C18H24N4O3S/c1-6-9-25-14-10-12(7-8-13(14)24-5)11-19-22-16(23)15(18(2,3)4)20-21-17(22)26/h7-8,10-11H,6,9H2,1-5H3,(H,21,26)/b19-11-. The van der Waals surface area contributed by atoms with Gasteiger partial charge in [0.2, 0.25) is 4.77 Å². The molecule has 0 fully saturated rings. The summed E-state index contributed by atoms with van der Waals surface area (Å²) < 4.78 is 12.3. The van der Waals surface area contributed by atoms with Gasteiger partial charge in [-0.3, -0.25) is 9.89 Å². The fraction of sp³-hybridized carbons (Fsp3) is 0.444. The Morgan fingerprint density at radius 2 is 2.08 bits per heavy atom. The van der Waals surface area contributed by atoms with Gasteiger partial charge in [0.15, 0.2) is 11.5 Å². The minimum absolute atomic E-state index is 0.134. The van der Waals surface area contributed by atoms with Gasteiger partial charge in [-0.15, -0.1) is 0 Å². The van der Waals surface area contributed by atoms with Crippen molar-refractivity contribution < 1.29 is 9.47 Å². The number of nitrogens with zero attached hydrogens (tertiary/aromatic N) is 3. The summed E-state index contributed by atoms with van der Waals surface area (Å²) in [6, 6.07) is 5.43. The highest BCUT2D eigenvalue weighted by Gasteiger charge is 2.21. The predicted molar refractivity (Wildman–Crippen MR) is 104 cm³/mol. The molecule has 1 aromatic heterocycles. The van der Waals surface area contributed by atoms with Crippen molar-refractivity contribution in [1.29, 1.82) is 0 Å². The molecule has 0 aliphatic rings. The molecule has 0 saturated heterocycles. The largest absolute Gasteiger partial charge is 0.493 e. The van der Waals surface area contributed by atoms with E-state index in [2.05, 4.69) is 15.3 Å². The number of aromatic nitrogens is 3. The minimum Gasteiger partial charge on any atom is -0.493 e. The molecular weight excluding hydrogens is 352 g/mol. The number of nitrogens with one attached hydrogen (secondary N) is 1. The highest BCUT2D eigenvalue weighted by molar-refractivity contribution is 7.71. The zero-order chi connectivity index (χ0) is 19.3. The number of hydrogen-bond acceptors (Lipinski definition) is 6. The van der Waals surface area contributed by atoms with Crippen LogP contribution < -0.4 is 15.0 Å². The van der Waals surface area contributed by atoms with Gasteiger partial charge in [-0.2, -0.15) is 14.9 Å². The monoisotopic (exact) mass is 376 g/mol. The van der Waals surface area contributed by atoms with Gasteiger partial charge in [0.25, 0.3) is 5.56 Å². The van der Waals surface area contributed by atoms with Crippen molar-refractivity contribution in [3.05, 3.63) is 44.6 Å². The van der Waals surface area contributed by atoms with Crippen molar-refractivity contribution in [3.63, 3.8) is 0 Å². The molecule has 140 valence electrons. The van der Waals surface area contributed by atoms with Crippen molar-refractivity contribution in [3.8, 4) is 11.5 Å². The third-order valence-corrected chi connectivity index (χ3v) is 3.80. The highest BCUT2D eigenvalue weighted by Crippen LogP contribution is 2.27. The van der Waals surface area contributed by atoms with E-state index < -0.39 is 5.41 Å². The summed E-state index contributed by atoms with van der Waals surface area (Å²) in [6.07, 6.45) is 2.44. The Morgan fingerprint density at radius 1 is 1.35 bits per heavy atom. The van der Waals surface area contributed by atoms with Gasteiger partial charge in [-0.1, -0.05) is 27.7 Å². The predicted octanol–water partition coefficient (Wildman–Crippen LogP) is 3.28.